The summed E-state index contributed by atoms with van der Waals surface area (Å²) in [5, 5.41) is 6.72. The Kier molecular flexibility index (Phi) is 3.47. The Morgan fingerprint density at radius 3 is 3.00 bits per heavy atom. The topological polar surface area (TPSA) is 12.0 Å². The van der Waals surface area contributed by atoms with Gasteiger partial charge in [-0.1, -0.05) is 24.4 Å². The molecule has 0 amide bonds. The number of halogens is 1. The van der Waals surface area contributed by atoms with Crippen LogP contribution < -0.4 is 5.32 Å². The fourth-order valence-corrected chi connectivity index (χ4v) is 3.37. The van der Waals surface area contributed by atoms with Gasteiger partial charge in [-0.3, -0.25) is 0 Å². The first-order chi connectivity index (χ1) is 6.79. The molecule has 78 valence electrons. The fraction of sp³-hybridized carbons (Fsp3) is 0.636. The maximum atomic E-state index is 6.27. The third kappa shape index (κ3) is 2.13. The Bertz CT molecular complexity index is 300. The van der Waals surface area contributed by atoms with Crippen molar-refractivity contribution in [1.82, 2.24) is 5.32 Å². The van der Waals surface area contributed by atoms with Gasteiger partial charge in [0, 0.05) is 10.9 Å². The van der Waals surface area contributed by atoms with Crippen LogP contribution in [0.4, 0.5) is 0 Å². The van der Waals surface area contributed by atoms with Crippen molar-refractivity contribution in [3.63, 3.8) is 0 Å². The molecule has 1 aliphatic heterocycles. The maximum absolute atomic E-state index is 6.27. The van der Waals surface area contributed by atoms with E-state index in [9.17, 15) is 0 Å². The summed E-state index contributed by atoms with van der Waals surface area (Å²) >= 11 is 8.06. The molecule has 0 bridgehead atoms. The molecule has 0 spiro atoms. The van der Waals surface area contributed by atoms with Gasteiger partial charge in [0.15, 0.2) is 0 Å². The van der Waals surface area contributed by atoms with E-state index in [1.54, 1.807) is 11.3 Å². The first kappa shape index (κ1) is 10.5. The second kappa shape index (κ2) is 4.65. The molecule has 1 atom stereocenters. The molecule has 1 aromatic rings. The Balaban J connectivity index is 2.16. The number of hydrogen-bond acceptors (Lipinski definition) is 2. The van der Waals surface area contributed by atoms with Gasteiger partial charge in [0.1, 0.15) is 0 Å². The van der Waals surface area contributed by atoms with E-state index in [0.717, 1.165) is 11.6 Å². The predicted octanol–water partition coefficient (Wildman–Crippen LogP) is 3.91. The van der Waals surface area contributed by atoms with Crippen LogP contribution in [0.25, 0.3) is 0 Å². The molecule has 3 heteroatoms. The predicted molar refractivity (Wildman–Crippen MR) is 63.3 cm³/mol. The Labute approximate surface area is 94.5 Å². The van der Waals surface area contributed by atoms with Gasteiger partial charge in [0.2, 0.25) is 0 Å². The monoisotopic (exact) mass is 229 g/mol. The summed E-state index contributed by atoms with van der Waals surface area (Å²) in [5.74, 6) is 0. The molecular formula is C11H16ClNS. The summed E-state index contributed by atoms with van der Waals surface area (Å²) in [6.07, 6.45) is 5.22. The third-order valence-electron chi connectivity index (χ3n) is 2.80. The molecule has 1 aromatic heterocycles. The van der Waals surface area contributed by atoms with E-state index in [0.29, 0.717) is 6.04 Å². The highest BCUT2D eigenvalue weighted by molar-refractivity contribution is 7.10. The van der Waals surface area contributed by atoms with Crippen LogP contribution in [-0.4, -0.2) is 6.54 Å². The van der Waals surface area contributed by atoms with Crippen LogP contribution in [0.3, 0.4) is 0 Å². The van der Waals surface area contributed by atoms with Gasteiger partial charge in [-0.05, 0) is 37.3 Å². The van der Waals surface area contributed by atoms with E-state index in [2.05, 4.69) is 17.6 Å². The van der Waals surface area contributed by atoms with Crippen molar-refractivity contribution in [3.8, 4) is 0 Å². The van der Waals surface area contributed by atoms with Crippen LogP contribution in [-0.2, 0) is 0 Å². The van der Waals surface area contributed by atoms with Gasteiger partial charge in [-0.25, -0.2) is 0 Å². The van der Waals surface area contributed by atoms with E-state index in [1.165, 1.54) is 36.1 Å². The van der Waals surface area contributed by atoms with Gasteiger partial charge in [-0.2, -0.15) is 0 Å². The molecule has 1 fully saturated rings. The zero-order chi connectivity index (χ0) is 9.97. The highest BCUT2D eigenvalue weighted by Crippen LogP contribution is 2.35. The number of rotatable bonds is 1. The molecule has 2 heterocycles. The minimum absolute atomic E-state index is 0.503. The van der Waals surface area contributed by atoms with Gasteiger partial charge in [0.05, 0.1) is 5.02 Å². The van der Waals surface area contributed by atoms with Crippen molar-refractivity contribution in [2.45, 2.75) is 38.6 Å². The standard InChI is InChI=1S/C11H16ClNS/c1-8-7-14-11(10(8)12)9-5-3-2-4-6-13-9/h7,9,13H,2-6H2,1H3. The Hall–Kier alpha value is -0.0500. The summed E-state index contributed by atoms with van der Waals surface area (Å²) in [4.78, 5) is 1.34. The molecule has 2 rings (SSSR count). The minimum Gasteiger partial charge on any atom is -0.309 e. The van der Waals surface area contributed by atoms with Gasteiger partial charge in [0.25, 0.3) is 0 Å². The first-order valence-electron chi connectivity index (χ1n) is 5.26. The summed E-state index contributed by atoms with van der Waals surface area (Å²) in [6, 6.07) is 0.503. The Morgan fingerprint density at radius 1 is 1.43 bits per heavy atom. The lowest BCUT2D eigenvalue weighted by molar-refractivity contribution is 0.543. The van der Waals surface area contributed by atoms with Crippen molar-refractivity contribution in [1.29, 1.82) is 0 Å². The van der Waals surface area contributed by atoms with E-state index >= 15 is 0 Å². The quantitative estimate of drug-likeness (QED) is 0.770. The Morgan fingerprint density at radius 2 is 2.29 bits per heavy atom. The van der Waals surface area contributed by atoms with Crippen LogP contribution >= 0.6 is 22.9 Å². The molecule has 0 saturated carbocycles. The smallest absolute Gasteiger partial charge is 0.0590 e. The molecule has 0 aromatic carbocycles. The summed E-state index contributed by atoms with van der Waals surface area (Å²) in [7, 11) is 0. The molecule has 1 saturated heterocycles. The van der Waals surface area contributed by atoms with E-state index in [1.807, 2.05) is 0 Å². The highest BCUT2D eigenvalue weighted by Gasteiger charge is 2.18. The number of nitrogens with one attached hydrogen (secondary N) is 1. The van der Waals surface area contributed by atoms with Crippen molar-refractivity contribution < 1.29 is 0 Å². The SMILES string of the molecule is Cc1csc(C2CCCCCN2)c1Cl. The van der Waals surface area contributed by atoms with Crippen LogP contribution in [0.2, 0.25) is 5.02 Å². The maximum Gasteiger partial charge on any atom is 0.0590 e. The molecule has 0 aliphatic carbocycles. The third-order valence-corrected chi connectivity index (χ3v) is 4.63. The summed E-state index contributed by atoms with van der Waals surface area (Å²) < 4.78 is 0. The molecular weight excluding hydrogens is 214 g/mol. The number of hydrogen-bond donors (Lipinski definition) is 1. The lowest BCUT2D eigenvalue weighted by Crippen LogP contribution is -2.19. The molecule has 1 N–H and O–H groups in total. The van der Waals surface area contributed by atoms with Crippen LogP contribution in [0.5, 0.6) is 0 Å². The fourth-order valence-electron chi connectivity index (χ4n) is 1.94. The average molecular weight is 230 g/mol. The highest BCUT2D eigenvalue weighted by atomic mass is 35.5. The van der Waals surface area contributed by atoms with Crippen molar-refractivity contribution in [2.75, 3.05) is 6.54 Å². The minimum atomic E-state index is 0.503. The summed E-state index contributed by atoms with van der Waals surface area (Å²) in [6.45, 7) is 3.22. The normalized spacial score (nSPS) is 23.4. The lowest BCUT2D eigenvalue weighted by atomic mass is 10.1. The zero-order valence-corrected chi connectivity index (χ0v) is 10.0. The van der Waals surface area contributed by atoms with Crippen molar-refractivity contribution in [2.24, 2.45) is 0 Å². The zero-order valence-electron chi connectivity index (χ0n) is 8.48. The van der Waals surface area contributed by atoms with Gasteiger partial charge < -0.3 is 5.32 Å². The first-order valence-corrected chi connectivity index (χ1v) is 6.51. The second-order valence-electron chi connectivity index (χ2n) is 3.95. The number of aryl methyl sites for hydroxylation is 1. The molecule has 1 nitrogen and oxygen atoms in total. The van der Waals surface area contributed by atoms with E-state index < -0.39 is 0 Å². The van der Waals surface area contributed by atoms with Gasteiger partial charge >= 0.3 is 0 Å². The van der Waals surface area contributed by atoms with Crippen LogP contribution in [0.1, 0.15) is 42.2 Å². The largest absolute Gasteiger partial charge is 0.309 e. The van der Waals surface area contributed by atoms with Gasteiger partial charge in [-0.15, -0.1) is 11.3 Å². The number of thiophene rings is 1. The van der Waals surface area contributed by atoms with Crippen molar-refractivity contribution in [3.05, 3.63) is 20.8 Å². The van der Waals surface area contributed by atoms with Crippen molar-refractivity contribution >= 4 is 22.9 Å². The lowest BCUT2D eigenvalue weighted by Gasteiger charge is -2.14. The van der Waals surface area contributed by atoms with Crippen LogP contribution in [0.15, 0.2) is 5.38 Å². The molecule has 0 radical (unpaired) electrons. The summed E-state index contributed by atoms with van der Waals surface area (Å²) in [5.41, 5.74) is 1.22. The van der Waals surface area contributed by atoms with E-state index in [-0.39, 0.29) is 0 Å². The van der Waals surface area contributed by atoms with Crippen LogP contribution in [0, 0.1) is 6.92 Å². The van der Waals surface area contributed by atoms with E-state index in [4.69, 9.17) is 11.6 Å². The molecule has 14 heavy (non-hydrogen) atoms. The average Bonchev–Trinajstić information content (AvgIpc) is 2.47. The second-order valence-corrected chi connectivity index (χ2v) is 5.24. The molecule has 1 aliphatic rings. The molecule has 1 unspecified atom stereocenters.